The van der Waals surface area contributed by atoms with Gasteiger partial charge in [-0.2, -0.15) is 0 Å². The molecule has 0 saturated carbocycles. The van der Waals surface area contributed by atoms with Crippen LogP contribution in [0.3, 0.4) is 0 Å². The molecule has 0 saturated heterocycles. The van der Waals surface area contributed by atoms with Crippen molar-refractivity contribution in [3.8, 4) is 0 Å². The van der Waals surface area contributed by atoms with Gasteiger partial charge in [0.15, 0.2) is 0 Å². The Morgan fingerprint density at radius 2 is 1.86 bits per heavy atom. The zero-order chi connectivity index (χ0) is 15.2. The van der Waals surface area contributed by atoms with Crippen LogP contribution in [0.1, 0.15) is 25.8 Å². The molecule has 112 valence electrons. The predicted molar refractivity (Wildman–Crippen MR) is 92.8 cm³/mol. The maximum Gasteiger partial charge on any atom is 0.224 e. The minimum atomic E-state index is 0.0929. The Kier molecular flexibility index (Phi) is 5.80. The number of benzene rings is 2. The standard InChI is InChI=1S/C18H22BrNO/c1-13(2)9-17(12-19)20-18(21)11-14-7-8-15-5-3-4-6-16(15)10-14/h3-8,10,13,17H,9,11-12H2,1-2H3,(H,20,21). The van der Waals surface area contributed by atoms with Gasteiger partial charge in [0.05, 0.1) is 6.42 Å². The van der Waals surface area contributed by atoms with Crippen molar-refractivity contribution in [2.45, 2.75) is 32.7 Å². The Labute approximate surface area is 135 Å². The van der Waals surface area contributed by atoms with Gasteiger partial charge in [0.2, 0.25) is 5.91 Å². The van der Waals surface area contributed by atoms with E-state index in [2.05, 4.69) is 59.4 Å². The Morgan fingerprint density at radius 1 is 1.14 bits per heavy atom. The lowest BCUT2D eigenvalue weighted by Gasteiger charge is -2.18. The van der Waals surface area contributed by atoms with E-state index in [1.165, 1.54) is 10.8 Å². The van der Waals surface area contributed by atoms with Crippen LogP contribution in [0.5, 0.6) is 0 Å². The average molecular weight is 348 g/mol. The van der Waals surface area contributed by atoms with Crippen LogP contribution in [0.4, 0.5) is 0 Å². The van der Waals surface area contributed by atoms with Crippen molar-refractivity contribution in [2.75, 3.05) is 5.33 Å². The smallest absolute Gasteiger partial charge is 0.224 e. The van der Waals surface area contributed by atoms with Crippen molar-refractivity contribution in [3.63, 3.8) is 0 Å². The van der Waals surface area contributed by atoms with E-state index in [0.717, 1.165) is 17.3 Å². The number of nitrogens with one attached hydrogen (secondary N) is 1. The number of hydrogen-bond acceptors (Lipinski definition) is 1. The third-order valence-electron chi connectivity index (χ3n) is 3.49. The quantitative estimate of drug-likeness (QED) is 0.775. The average Bonchev–Trinajstić information content (AvgIpc) is 2.45. The number of carbonyl (C=O) groups excluding carboxylic acids is 1. The van der Waals surface area contributed by atoms with Gasteiger partial charge in [-0.3, -0.25) is 4.79 Å². The molecule has 1 atom stereocenters. The molecule has 0 heterocycles. The molecule has 2 aromatic rings. The second-order valence-corrected chi connectivity index (χ2v) is 6.55. The van der Waals surface area contributed by atoms with Crippen LogP contribution >= 0.6 is 15.9 Å². The first-order valence-corrected chi connectivity index (χ1v) is 8.53. The maximum atomic E-state index is 12.2. The number of fused-ring (bicyclic) bond motifs is 1. The van der Waals surface area contributed by atoms with E-state index in [-0.39, 0.29) is 11.9 Å². The molecule has 2 aromatic carbocycles. The first kappa shape index (κ1) is 16.0. The summed E-state index contributed by atoms with van der Waals surface area (Å²) in [6.07, 6.45) is 1.43. The zero-order valence-electron chi connectivity index (χ0n) is 12.6. The summed E-state index contributed by atoms with van der Waals surface area (Å²) >= 11 is 3.48. The number of carbonyl (C=O) groups is 1. The summed E-state index contributed by atoms with van der Waals surface area (Å²) in [5.41, 5.74) is 1.06. The Balaban J connectivity index is 2.00. The third-order valence-corrected chi connectivity index (χ3v) is 4.27. The van der Waals surface area contributed by atoms with E-state index in [4.69, 9.17) is 0 Å². The lowest BCUT2D eigenvalue weighted by atomic mass is 10.0. The lowest BCUT2D eigenvalue weighted by Crippen LogP contribution is -2.37. The van der Waals surface area contributed by atoms with Crippen LogP contribution in [0.2, 0.25) is 0 Å². The normalized spacial score (nSPS) is 12.6. The fraction of sp³-hybridized carbons (Fsp3) is 0.389. The Morgan fingerprint density at radius 3 is 2.52 bits per heavy atom. The van der Waals surface area contributed by atoms with E-state index in [1.807, 2.05) is 18.2 Å². The molecule has 0 fully saturated rings. The van der Waals surface area contributed by atoms with Gasteiger partial charge in [0.1, 0.15) is 0 Å². The van der Waals surface area contributed by atoms with Crippen molar-refractivity contribution in [2.24, 2.45) is 5.92 Å². The van der Waals surface area contributed by atoms with E-state index < -0.39 is 0 Å². The Bertz CT molecular complexity index is 609. The summed E-state index contributed by atoms with van der Waals surface area (Å²) < 4.78 is 0. The fourth-order valence-electron chi connectivity index (χ4n) is 2.54. The Hall–Kier alpha value is -1.35. The molecule has 1 unspecified atom stereocenters. The molecule has 0 spiro atoms. The summed E-state index contributed by atoms with van der Waals surface area (Å²) in [5, 5.41) is 6.30. The number of amides is 1. The minimum Gasteiger partial charge on any atom is -0.352 e. The molecule has 1 N–H and O–H groups in total. The number of rotatable bonds is 6. The topological polar surface area (TPSA) is 29.1 Å². The molecule has 0 aliphatic rings. The molecule has 0 bridgehead atoms. The second-order valence-electron chi connectivity index (χ2n) is 5.91. The van der Waals surface area contributed by atoms with E-state index in [0.29, 0.717) is 12.3 Å². The van der Waals surface area contributed by atoms with Gasteiger partial charge in [-0.05, 0) is 28.7 Å². The number of alkyl halides is 1. The van der Waals surface area contributed by atoms with Gasteiger partial charge in [-0.15, -0.1) is 0 Å². The molecular formula is C18H22BrNO. The predicted octanol–water partition coefficient (Wildman–Crippen LogP) is 4.31. The summed E-state index contributed by atoms with van der Waals surface area (Å²) in [5.74, 6) is 0.670. The van der Waals surface area contributed by atoms with Crippen LogP contribution in [-0.2, 0) is 11.2 Å². The van der Waals surface area contributed by atoms with Crippen molar-refractivity contribution in [3.05, 3.63) is 48.0 Å². The van der Waals surface area contributed by atoms with Crippen molar-refractivity contribution in [1.82, 2.24) is 5.32 Å². The molecule has 2 nitrogen and oxygen atoms in total. The first-order chi connectivity index (χ1) is 10.1. The highest BCUT2D eigenvalue weighted by atomic mass is 79.9. The van der Waals surface area contributed by atoms with Gasteiger partial charge < -0.3 is 5.32 Å². The molecular weight excluding hydrogens is 326 g/mol. The fourth-order valence-corrected chi connectivity index (χ4v) is 2.97. The van der Waals surface area contributed by atoms with Crippen molar-refractivity contribution >= 4 is 32.6 Å². The zero-order valence-corrected chi connectivity index (χ0v) is 14.2. The van der Waals surface area contributed by atoms with Crippen LogP contribution in [0.15, 0.2) is 42.5 Å². The third kappa shape index (κ3) is 4.85. The monoisotopic (exact) mass is 347 g/mol. The molecule has 0 aliphatic heterocycles. The highest BCUT2D eigenvalue weighted by Crippen LogP contribution is 2.16. The van der Waals surface area contributed by atoms with Gasteiger partial charge in [0, 0.05) is 11.4 Å². The minimum absolute atomic E-state index is 0.0929. The molecule has 2 rings (SSSR count). The molecule has 0 aliphatic carbocycles. The largest absolute Gasteiger partial charge is 0.352 e. The highest BCUT2D eigenvalue weighted by molar-refractivity contribution is 9.09. The SMILES string of the molecule is CC(C)CC(CBr)NC(=O)Cc1ccc2ccccc2c1. The van der Waals surface area contributed by atoms with E-state index >= 15 is 0 Å². The lowest BCUT2D eigenvalue weighted by molar-refractivity contribution is -0.121. The molecule has 3 heteroatoms. The molecule has 21 heavy (non-hydrogen) atoms. The van der Waals surface area contributed by atoms with Crippen molar-refractivity contribution < 1.29 is 4.79 Å². The van der Waals surface area contributed by atoms with Gasteiger partial charge >= 0.3 is 0 Å². The number of halogens is 1. The molecule has 0 radical (unpaired) electrons. The van der Waals surface area contributed by atoms with Gasteiger partial charge in [-0.1, -0.05) is 72.2 Å². The van der Waals surface area contributed by atoms with Crippen LogP contribution in [0.25, 0.3) is 10.8 Å². The second kappa shape index (κ2) is 7.60. The summed E-state index contributed by atoms with van der Waals surface area (Å²) in [4.78, 5) is 12.2. The highest BCUT2D eigenvalue weighted by Gasteiger charge is 2.13. The molecule has 0 aromatic heterocycles. The van der Waals surface area contributed by atoms with E-state index in [1.54, 1.807) is 0 Å². The maximum absolute atomic E-state index is 12.2. The van der Waals surface area contributed by atoms with Crippen molar-refractivity contribution in [1.29, 1.82) is 0 Å². The summed E-state index contributed by atoms with van der Waals surface area (Å²) in [7, 11) is 0. The first-order valence-electron chi connectivity index (χ1n) is 7.41. The van der Waals surface area contributed by atoms with Crippen LogP contribution in [0, 0.1) is 5.92 Å². The van der Waals surface area contributed by atoms with Gasteiger partial charge in [-0.25, -0.2) is 0 Å². The van der Waals surface area contributed by atoms with Crippen LogP contribution < -0.4 is 5.32 Å². The summed E-state index contributed by atoms with van der Waals surface area (Å²) in [6.45, 7) is 4.34. The summed E-state index contributed by atoms with van der Waals surface area (Å²) in [6, 6.07) is 14.6. The molecule has 1 amide bonds. The van der Waals surface area contributed by atoms with Crippen LogP contribution in [-0.4, -0.2) is 17.3 Å². The van der Waals surface area contributed by atoms with Gasteiger partial charge in [0.25, 0.3) is 0 Å². The number of hydrogen-bond donors (Lipinski definition) is 1. The van der Waals surface area contributed by atoms with E-state index in [9.17, 15) is 4.79 Å².